The molecule has 0 saturated carbocycles. The Kier molecular flexibility index (Phi) is 9.25. The molecular formula is C14H26O2. The average molecular weight is 226 g/mol. The van der Waals surface area contributed by atoms with Crippen LogP contribution >= 0.6 is 0 Å². The second-order valence-electron chi connectivity index (χ2n) is 3.94. The van der Waals surface area contributed by atoms with E-state index in [-0.39, 0.29) is 6.29 Å². The number of rotatable bonds is 8. The fraction of sp³-hybridized carbons (Fsp3) is 0.714. The first kappa shape index (κ1) is 15.4. The zero-order chi connectivity index (χ0) is 12.4. The van der Waals surface area contributed by atoms with Crippen LogP contribution in [0.25, 0.3) is 0 Å². The molecule has 94 valence electrons. The third-order valence-electron chi connectivity index (χ3n) is 2.73. The molecule has 0 aliphatic heterocycles. The predicted molar refractivity (Wildman–Crippen MR) is 69.5 cm³/mol. The van der Waals surface area contributed by atoms with Crippen molar-refractivity contribution in [2.75, 3.05) is 14.2 Å². The molecule has 0 aromatic heterocycles. The highest BCUT2D eigenvalue weighted by molar-refractivity contribution is 5.27. The maximum absolute atomic E-state index is 5.31. The molecule has 0 fully saturated rings. The first-order chi connectivity index (χ1) is 7.71. The Labute approximate surface area is 100 Å². The highest BCUT2D eigenvalue weighted by Gasteiger charge is 2.11. The largest absolute Gasteiger partial charge is 0.352 e. The van der Waals surface area contributed by atoms with Gasteiger partial charge in [0.1, 0.15) is 0 Å². The Morgan fingerprint density at radius 3 is 2.25 bits per heavy atom. The monoisotopic (exact) mass is 226 g/mol. The van der Waals surface area contributed by atoms with Crippen LogP contribution in [-0.2, 0) is 9.47 Å². The molecule has 0 spiro atoms. The van der Waals surface area contributed by atoms with Crippen molar-refractivity contribution in [1.82, 2.24) is 0 Å². The third kappa shape index (κ3) is 5.47. The quantitative estimate of drug-likeness (QED) is 0.353. The number of ether oxygens (including phenoxy) is 2. The van der Waals surface area contributed by atoms with E-state index in [1.54, 1.807) is 14.2 Å². The van der Waals surface area contributed by atoms with Gasteiger partial charge in [0.05, 0.1) is 0 Å². The summed E-state index contributed by atoms with van der Waals surface area (Å²) in [6.45, 7) is 6.48. The molecule has 0 bridgehead atoms. The summed E-state index contributed by atoms with van der Waals surface area (Å²) in [6, 6.07) is 0. The Morgan fingerprint density at radius 2 is 1.81 bits per heavy atom. The molecule has 0 unspecified atom stereocenters. The van der Waals surface area contributed by atoms with Gasteiger partial charge in [-0.1, -0.05) is 44.4 Å². The Hall–Kier alpha value is -0.600. The molecule has 2 nitrogen and oxygen atoms in total. The minimum atomic E-state index is -0.238. The van der Waals surface area contributed by atoms with Gasteiger partial charge in [0.25, 0.3) is 0 Å². The maximum Gasteiger partial charge on any atom is 0.183 e. The number of hydrogen-bond acceptors (Lipinski definition) is 2. The van der Waals surface area contributed by atoms with E-state index in [4.69, 9.17) is 9.47 Å². The van der Waals surface area contributed by atoms with E-state index in [0.29, 0.717) is 0 Å². The van der Waals surface area contributed by atoms with Gasteiger partial charge in [-0.3, -0.25) is 0 Å². The predicted octanol–water partition coefficient (Wildman–Crippen LogP) is 4.08. The highest BCUT2D eigenvalue weighted by atomic mass is 16.7. The summed E-state index contributed by atoms with van der Waals surface area (Å²) in [4.78, 5) is 0. The van der Waals surface area contributed by atoms with E-state index in [9.17, 15) is 0 Å². The van der Waals surface area contributed by atoms with Crippen molar-refractivity contribution < 1.29 is 9.47 Å². The van der Waals surface area contributed by atoms with Gasteiger partial charge >= 0.3 is 0 Å². The summed E-state index contributed by atoms with van der Waals surface area (Å²) < 4.78 is 10.6. The lowest BCUT2D eigenvalue weighted by Gasteiger charge is -2.17. The molecular weight excluding hydrogens is 200 g/mol. The van der Waals surface area contributed by atoms with Crippen molar-refractivity contribution in [3.63, 3.8) is 0 Å². The first-order valence-electron chi connectivity index (χ1n) is 6.12. The van der Waals surface area contributed by atoms with Crippen LogP contribution in [0.3, 0.4) is 0 Å². The lowest BCUT2D eigenvalue weighted by Crippen LogP contribution is -2.16. The molecule has 0 amide bonds. The summed E-state index contributed by atoms with van der Waals surface area (Å²) in [5.74, 6) is 0. The van der Waals surface area contributed by atoms with Crippen LogP contribution in [0.1, 0.15) is 46.5 Å². The molecule has 16 heavy (non-hydrogen) atoms. The first-order valence-corrected chi connectivity index (χ1v) is 6.12. The standard InChI is InChI=1S/C14H26O2/c1-6-8-9-10-11-13(12(3)7-2)14(15-4)16-5/h10-11,14H,6-9H2,1-5H3/b11-10+,13-12+. The second-order valence-corrected chi connectivity index (χ2v) is 3.94. The second kappa shape index (κ2) is 9.61. The minimum absolute atomic E-state index is 0.238. The molecule has 0 rings (SSSR count). The van der Waals surface area contributed by atoms with Gasteiger partial charge in [0, 0.05) is 19.8 Å². The number of methoxy groups -OCH3 is 2. The van der Waals surface area contributed by atoms with Gasteiger partial charge < -0.3 is 9.47 Å². The smallest absolute Gasteiger partial charge is 0.183 e. The highest BCUT2D eigenvalue weighted by Crippen LogP contribution is 2.17. The molecule has 0 aliphatic rings. The lowest BCUT2D eigenvalue weighted by molar-refractivity contribution is -0.0731. The van der Waals surface area contributed by atoms with Crippen LogP contribution in [0.4, 0.5) is 0 Å². The molecule has 0 aromatic rings. The van der Waals surface area contributed by atoms with Crippen molar-refractivity contribution in [2.45, 2.75) is 52.7 Å². The van der Waals surface area contributed by atoms with Crippen molar-refractivity contribution in [1.29, 1.82) is 0 Å². The summed E-state index contributed by atoms with van der Waals surface area (Å²) in [6.07, 6.45) is 8.73. The molecule has 0 N–H and O–H groups in total. The Balaban J connectivity index is 4.62. The molecule has 0 saturated heterocycles. The van der Waals surface area contributed by atoms with Crippen LogP contribution < -0.4 is 0 Å². The van der Waals surface area contributed by atoms with Gasteiger partial charge in [0.2, 0.25) is 0 Å². The summed E-state index contributed by atoms with van der Waals surface area (Å²) in [5, 5.41) is 0. The van der Waals surface area contributed by atoms with E-state index in [0.717, 1.165) is 18.4 Å². The van der Waals surface area contributed by atoms with Gasteiger partial charge in [0.15, 0.2) is 6.29 Å². The van der Waals surface area contributed by atoms with E-state index in [1.165, 1.54) is 18.4 Å². The zero-order valence-electron chi connectivity index (χ0n) is 11.4. The lowest BCUT2D eigenvalue weighted by atomic mass is 10.1. The van der Waals surface area contributed by atoms with E-state index < -0.39 is 0 Å². The van der Waals surface area contributed by atoms with Crippen LogP contribution in [0, 0.1) is 0 Å². The SMILES string of the molecule is CCCC/C=C/C(=C(/C)CC)C(OC)OC. The molecule has 0 atom stereocenters. The maximum atomic E-state index is 5.31. The van der Waals surface area contributed by atoms with Crippen molar-refractivity contribution in [3.05, 3.63) is 23.3 Å². The van der Waals surface area contributed by atoms with Crippen molar-refractivity contribution in [2.24, 2.45) is 0 Å². The Bertz CT molecular complexity index is 225. The number of hydrogen-bond donors (Lipinski definition) is 0. The molecule has 0 aliphatic carbocycles. The van der Waals surface area contributed by atoms with Crippen molar-refractivity contribution in [3.8, 4) is 0 Å². The van der Waals surface area contributed by atoms with Crippen LogP contribution in [0.5, 0.6) is 0 Å². The normalized spacial score (nSPS) is 13.6. The van der Waals surface area contributed by atoms with Gasteiger partial charge in [-0.2, -0.15) is 0 Å². The molecule has 0 heterocycles. The molecule has 0 aromatic carbocycles. The van der Waals surface area contributed by atoms with E-state index >= 15 is 0 Å². The molecule has 0 radical (unpaired) electrons. The zero-order valence-corrected chi connectivity index (χ0v) is 11.4. The fourth-order valence-corrected chi connectivity index (χ4v) is 1.51. The third-order valence-corrected chi connectivity index (χ3v) is 2.73. The Morgan fingerprint density at radius 1 is 1.19 bits per heavy atom. The van der Waals surface area contributed by atoms with Crippen LogP contribution in [0.15, 0.2) is 23.3 Å². The number of unbranched alkanes of at least 4 members (excludes halogenated alkanes) is 2. The summed E-state index contributed by atoms with van der Waals surface area (Å²) in [5.41, 5.74) is 2.48. The van der Waals surface area contributed by atoms with E-state index in [1.807, 2.05) is 0 Å². The molecule has 2 heteroatoms. The average Bonchev–Trinajstić information content (AvgIpc) is 2.32. The van der Waals surface area contributed by atoms with Crippen LogP contribution in [0.2, 0.25) is 0 Å². The van der Waals surface area contributed by atoms with Gasteiger partial charge in [-0.25, -0.2) is 0 Å². The number of allylic oxidation sites excluding steroid dienone is 2. The topological polar surface area (TPSA) is 18.5 Å². The fourth-order valence-electron chi connectivity index (χ4n) is 1.51. The summed E-state index contributed by atoms with van der Waals surface area (Å²) in [7, 11) is 3.36. The van der Waals surface area contributed by atoms with Crippen LogP contribution in [-0.4, -0.2) is 20.5 Å². The van der Waals surface area contributed by atoms with Gasteiger partial charge in [-0.15, -0.1) is 0 Å². The van der Waals surface area contributed by atoms with Crippen molar-refractivity contribution >= 4 is 0 Å². The summed E-state index contributed by atoms with van der Waals surface area (Å²) >= 11 is 0. The van der Waals surface area contributed by atoms with Gasteiger partial charge in [-0.05, 0) is 19.8 Å². The van der Waals surface area contributed by atoms with E-state index in [2.05, 4.69) is 32.9 Å². The minimum Gasteiger partial charge on any atom is -0.352 e.